The SMILES string of the molecule is CC(=O)O/C1=C\C=C/CC(=O)NCCCCCCCCC1. The van der Waals surface area contributed by atoms with Gasteiger partial charge in [0.05, 0.1) is 0 Å². The summed E-state index contributed by atoms with van der Waals surface area (Å²) in [5.41, 5.74) is 0. The maximum absolute atomic E-state index is 11.6. The fourth-order valence-corrected chi connectivity index (χ4v) is 2.31. The van der Waals surface area contributed by atoms with Crippen molar-refractivity contribution in [1.82, 2.24) is 5.32 Å². The van der Waals surface area contributed by atoms with Gasteiger partial charge in [-0.15, -0.1) is 0 Å². The van der Waals surface area contributed by atoms with Crippen molar-refractivity contribution >= 4 is 11.9 Å². The molecule has 4 heteroatoms. The molecule has 0 aromatic rings. The van der Waals surface area contributed by atoms with Gasteiger partial charge in [0.2, 0.25) is 5.91 Å². The van der Waals surface area contributed by atoms with E-state index in [0.29, 0.717) is 12.2 Å². The Bertz CT molecular complexity index is 385. The molecule has 21 heavy (non-hydrogen) atoms. The molecule has 0 saturated heterocycles. The van der Waals surface area contributed by atoms with Gasteiger partial charge in [0.1, 0.15) is 5.76 Å². The first-order valence-corrected chi connectivity index (χ1v) is 7.99. The number of carbonyl (C=O) groups is 2. The summed E-state index contributed by atoms with van der Waals surface area (Å²) in [5.74, 6) is 0.439. The number of amides is 1. The highest BCUT2D eigenvalue weighted by Gasteiger charge is 2.03. The second-order valence-electron chi connectivity index (χ2n) is 5.43. The standard InChI is InChI=1S/C17H27NO3/c1-15(19)21-16-11-7-5-3-2-4-6-10-14-18-17(20)13-9-8-12-16/h8-9,12H,2-7,10-11,13-14H2,1H3,(H,18,20)/b9-8-,16-12-. The van der Waals surface area contributed by atoms with Crippen LogP contribution >= 0.6 is 0 Å². The Balaban J connectivity index is 2.55. The molecule has 0 aromatic heterocycles. The smallest absolute Gasteiger partial charge is 0.307 e. The lowest BCUT2D eigenvalue weighted by Gasteiger charge is -2.07. The van der Waals surface area contributed by atoms with Gasteiger partial charge in [0, 0.05) is 26.3 Å². The van der Waals surface area contributed by atoms with Crippen LogP contribution in [0.4, 0.5) is 0 Å². The summed E-state index contributed by atoms with van der Waals surface area (Å²) in [7, 11) is 0. The van der Waals surface area contributed by atoms with E-state index in [4.69, 9.17) is 4.74 Å². The minimum Gasteiger partial charge on any atom is -0.431 e. The predicted molar refractivity (Wildman–Crippen MR) is 83.6 cm³/mol. The molecule has 1 amide bonds. The van der Waals surface area contributed by atoms with E-state index in [1.165, 1.54) is 39.0 Å². The van der Waals surface area contributed by atoms with Crippen LogP contribution in [0.25, 0.3) is 0 Å². The van der Waals surface area contributed by atoms with E-state index >= 15 is 0 Å². The number of esters is 1. The van der Waals surface area contributed by atoms with E-state index in [0.717, 1.165) is 25.8 Å². The molecule has 0 aromatic carbocycles. The number of nitrogens with one attached hydrogen (secondary N) is 1. The van der Waals surface area contributed by atoms with Crippen LogP contribution in [0.3, 0.4) is 0 Å². The lowest BCUT2D eigenvalue weighted by Crippen LogP contribution is -2.23. The van der Waals surface area contributed by atoms with Crippen LogP contribution < -0.4 is 5.32 Å². The molecule has 0 bridgehead atoms. The van der Waals surface area contributed by atoms with E-state index < -0.39 is 0 Å². The van der Waals surface area contributed by atoms with Crippen molar-refractivity contribution in [2.24, 2.45) is 0 Å². The van der Waals surface area contributed by atoms with Crippen molar-refractivity contribution in [3.63, 3.8) is 0 Å². The van der Waals surface area contributed by atoms with Gasteiger partial charge in [0.25, 0.3) is 0 Å². The molecular weight excluding hydrogens is 266 g/mol. The Morgan fingerprint density at radius 1 is 1.10 bits per heavy atom. The van der Waals surface area contributed by atoms with Crippen LogP contribution in [0.2, 0.25) is 0 Å². The summed E-state index contributed by atoms with van der Waals surface area (Å²) in [6.45, 7) is 2.18. The molecule has 1 rings (SSSR count). The van der Waals surface area contributed by atoms with Gasteiger partial charge in [-0.2, -0.15) is 0 Å². The third-order valence-electron chi connectivity index (χ3n) is 3.42. The molecule has 0 atom stereocenters. The van der Waals surface area contributed by atoms with Crippen LogP contribution in [0.15, 0.2) is 24.0 Å². The molecule has 0 unspecified atom stereocenters. The zero-order chi connectivity index (χ0) is 15.3. The monoisotopic (exact) mass is 293 g/mol. The Morgan fingerprint density at radius 3 is 2.48 bits per heavy atom. The van der Waals surface area contributed by atoms with Crippen LogP contribution in [-0.2, 0) is 14.3 Å². The van der Waals surface area contributed by atoms with E-state index in [1.807, 2.05) is 0 Å². The highest BCUT2D eigenvalue weighted by atomic mass is 16.5. The van der Waals surface area contributed by atoms with Crippen LogP contribution in [0.1, 0.15) is 64.7 Å². The molecule has 1 aliphatic rings. The molecule has 0 radical (unpaired) electrons. The number of allylic oxidation sites excluding steroid dienone is 3. The molecule has 1 heterocycles. The van der Waals surface area contributed by atoms with Crippen LogP contribution in [0, 0.1) is 0 Å². The summed E-state index contributed by atoms with van der Waals surface area (Å²) in [6.07, 6.45) is 14.6. The highest BCUT2D eigenvalue weighted by molar-refractivity contribution is 5.77. The number of ether oxygens (including phenoxy) is 1. The first-order chi connectivity index (χ1) is 10.2. The minimum absolute atomic E-state index is 0.0424. The maximum atomic E-state index is 11.6. The minimum atomic E-state index is -0.290. The molecule has 0 aliphatic carbocycles. The summed E-state index contributed by atoms with van der Waals surface area (Å²) in [5, 5.41) is 2.91. The van der Waals surface area contributed by atoms with Crippen molar-refractivity contribution in [1.29, 1.82) is 0 Å². The van der Waals surface area contributed by atoms with E-state index in [9.17, 15) is 9.59 Å². The van der Waals surface area contributed by atoms with Gasteiger partial charge in [-0.25, -0.2) is 0 Å². The quantitative estimate of drug-likeness (QED) is 0.751. The number of hydrogen-bond acceptors (Lipinski definition) is 3. The molecular formula is C17H27NO3. The Hall–Kier alpha value is -1.58. The average molecular weight is 293 g/mol. The van der Waals surface area contributed by atoms with Gasteiger partial charge in [0.15, 0.2) is 0 Å². The van der Waals surface area contributed by atoms with Crippen molar-refractivity contribution in [2.75, 3.05) is 6.54 Å². The number of carbonyl (C=O) groups excluding carboxylic acids is 2. The average Bonchev–Trinajstić information content (AvgIpc) is 2.43. The van der Waals surface area contributed by atoms with Crippen molar-refractivity contribution in [3.05, 3.63) is 24.0 Å². The van der Waals surface area contributed by atoms with Crippen LogP contribution in [0.5, 0.6) is 0 Å². The first kappa shape index (κ1) is 17.5. The van der Waals surface area contributed by atoms with E-state index in [-0.39, 0.29) is 11.9 Å². The van der Waals surface area contributed by atoms with E-state index in [2.05, 4.69) is 5.32 Å². The zero-order valence-corrected chi connectivity index (χ0v) is 13.0. The maximum Gasteiger partial charge on any atom is 0.307 e. The third kappa shape index (κ3) is 9.88. The van der Waals surface area contributed by atoms with Gasteiger partial charge in [-0.1, -0.05) is 44.3 Å². The van der Waals surface area contributed by atoms with E-state index in [1.54, 1.807) is 18.2 Å². The van der Waals surface area contributed by atoms with Crippen LogP contribution in [-0.4, -0.2) is 18.4 Å². The summed E-state index contributed by atoms with van der Waals surface area (Å²) < 4.78 is 5.19. The Morgan fingerprint density at radius 2 is 1.76 bits per heavy atom. The largest absolute Gasteiger partial charge is 0.431 e. The normalized spacial score (nSPS) is 23.5. The Labute approximate surface area is 127 Å². The molecule has 1 aliphatic heterocycles. The molecule has 0 saturated carbocycles. The van der Waals surface area contributed by atoms with Crippen molar-refractivity contribution < 1.29 is 14.3 Å². The van der Waals surface area contributed by atoms with Gasteiger partial charge >= 0.3 is 5.97 Å². The second kappa shape index (κ2) is 11.1. The molecule has 0 fully saturated rings. The first-order valence-electron chi connectivity index (χ1n) is 7.99. The van der Waals surface area contributed by atoms with Gasteiger partial charge in [-0.3, -0.25) is 9.59 Å². The fourth-order valence-electron chi connectivity index (χ4n) is 2.31. The highest BCUT2D eigenvalue weighted by Crippen LogP contribution is 2.14. The Kier molecular flexibility index (Phi) is 9.25. The lowest BCUT2D eigenvalue weighted by molar-refractivity contribution is -0.137. The second-order valence-corrected chi connectivity index (χ2v) is 5.43. The van der Waals surface area contributed by atoms with Gasteiger partial charge < -0.3 is 10.1 Å². The zero-order valence-electron chi connectivity index (χ0n) is 13.0. The molecule has 1 N–H and O–H groups in total. The molecule has 118 valence electrons. The summed E-state index contributed by atoms with van der Waals surface area (Å²) in [4.78, 5) is 22.6. The fraction of sp³-hybridized carbons (Fsp3) is 0.647. The van der Waals surface area contributed by atoms with Crippen molar-refractivity contribution in [2.45, 2.75) is 64.7 Å². The van der Waals surface area contributed by atoms with Crippen molar-refractivity contribution in [3.8, 4) is 0 Å². The molecule has 0 spiro atoms. The number of hydrogen-bond donors (Lipinski definition) is 1. The van der Waals surface area contributed by atoms with Gasteiger partial charge in [-0.05, 0) is 18.9 Å². The summed E-state index contributed by atoms with van der Waals surface area (Å²) in [6, 6.07) is 0. The molecule has 4 nitrogen and oxygen atoms in total. The number of rotatable bonds is 1. The predicted octanol–water partition coefficient (Wildman–Crippen LogP) is 3.63. The lowest BCUT2D eigenvalue weighted by atomic mass is 10.1. The summed E-state index contributed by atoms with van der Waals surface area (Å²) >= 11 is 0. The third-order valence-corrected chi connectivity index (χ3v) is 3.42. The topological polar surface area (TPSA) is 55.4 Å².